The highest BCUT2D eigenvalue weighted by Crippen LogP contribution is 2.38. The highest BCUT2D eigenvalue weighted by Gasteiger charge is 2.31. The lowest BCUT2D eigenvalue weighted by Gasteiger charge is -2.26. The molecular formula is C24H34N4O2. The molecule has 2 saturated carbocycles. The zero-order valence-electron chi connectivity index (χ0n) is 18.6. The van der Waals surface area contributed by atoms with Gasteiger partial charge in [-0.2, -0.15) is 4.98 Å². The Balaban J connectivity index is 1.44. The van der Waals surface area contributed by atoms with Gasteiger partial charge in [0.15, 0.2) is 5.82 Å². The molecule has 162 valence electrons. The van der Waals surface area contributed by atoms with Crippen molar-refractivity contribution in [2.45, 2.75) is 90.6 Å². The van der Waals surface area contributed by atoms with Gasteiger partial charge in [0, 0.05) is 29.4 Å². The molecule has 0 saturated heterocycles. The Morgan fingerprint density at radius 1 is 1.20 bits per heavy atom. The number of hydrogen-bond donors (Lipinski definition) is 1. The Kier molecular flexibility index (Phi) is 6.11. The summed E-state index contributed by atoms with van der Waals surface area (Å²) in [7, 11) is 0. The summed E-state index contributed by atoms with van der Waals surface area (Å²) >= 11 is 0. The van der Waals surface area contributed by atoms with Crippen LogP contribution in [0.25, 0.3) is 6.08 Å². The zero-order chi connectivity index (χ0) is 21.3. The average Bonchev–Trinajstić information content (AvgIpc) is 3.39. The molecule has 0 spiro atoms. The first kappa shape index (κ1) is 20.9. The van der Waals surface area contributed by atoms with E-state index in [0.717, 1.165) is 24.2 Å². The van der Waals surface area contributed by atoms with Gasteiger partial charge in [0.2, 0.25) is 11.8 Å². The molecule has 2 aliphatic rings. The van der Waals surface area contributed by atoms with Crippen LogP contribution in [0.3, 0.4) is 0 Å². The van der Waals surface area contributed by atoms with Crippen LogP contribution in [0, 0.1) is 19.8 Å². The summed E-state index contributed by atoms with van der Waals surface area (Å²) in [6, 6.07) is 2.50. The van der Waals surface area contributed by atoms with Gasteiger partial charge in [0.25, 0.3) is 0 Å². The van der Waals surface area contributed by atoms with Crippen LogP contribution < -0.4 is 5.32 Å². The third-order valence-electron chi connectivity index (χ3n) is 6.51. The number of hydrogen-bond acceptors (Lipinski definition) is 4. The summed E-state index contributed by atoms with van der Waals surface area (Å²) in [5.41, 5.74) is 3.64. The fraction of sp³-hybridized carbons (Fsp3) is 0.625. The molecule has 1 atom stereocenters. The first-order valence-electron chi connectivity index (χ1n) is 11.4. The van der Waals surface area contributed by atoms with Crippen molar-refractivity contribution in [3.05, 3.63) is 40.8 Å². The Morgan fingerprint density at radius 3 is 2.60 bits per heavy atom. The summed E-state index contributed by atoms with van der Waals surface area (Å²) in [5.74, 6) is 1.73. The molecule has 30 heavy (non-hydrogen) atoms. The van der Waals surface area contributed by atoms with Crippen LogP contribution in [-0.2, 0) is 4.79 Å². The van der Waals surface area contributed by atoms with Gasteiger partial charge in [-0.25, -0.2) is 0 Å². The third-order valence-corrected chi connectivity index (χ3v) is 6.51. The van der Waals surface area contributed by atoms with Crippen LogP contribution in [0.4, 0.5) is 0 Å². The Labute approximate surface area is 179 Å². The molecule has 0 aromatic carbocycles. The minimum Gasteiger partial charge on any atom is -0.346 e. The lowest BCUT2D eigenvalue weighted by atomic mass is 9.95. The van der Waals surface area contributed by atoms with E-state index in [9.17, 15) is 4.79 Å². The van der Waals surface area contributed by atoms with Gasteiger partial charge in [-0.05, 0) is 63.2 Å². The fourth-order valence-electron chi connectivity index (χ4n) is 4.63. The van der Waals surface area contributed by atoms with E-state index >= 15 is 0 Å². The van der Waals surface area contributed by atoms with Crippen molar-refractivity contribution in [2.24, 2.45) is 5.92 Å². The van der Waals surface area contributed by atoms with Gasteiger partial charge in [0.05, 0.1) is 0 Å². The van der Waals surface area contributed by atoms with E-state index in [2.05, 4.69) is 39.9 Å². The molecule has 4 rings (SSSR count). The maximum Gasteiger partial charge on any atom is 0.249 e. The van der Waals surface area contributed by atoms with Crippen molar-refractivity contribution >= 4 is 12.0 Å². The highest BCUT2D eigenvalue weighted by molar-refractivity contribution is 5.92. The predicted molar refractivity (Wildman–Crippen MR) is 117 cm³/mol. The first-order valence-corrected chi connectivity index (χ1v) is 11.4. The van der Waals surface area contributed by atoms with Gasteiger partial charge in [-0.3, -0.25) is 4.79 Å². The normalized spacial score (nSPS) is 19.0. The van der Waals surface area contributed by atoms with Crippen molar-refractivity contribution in [1.29, 1.82) is 0 Å². The van der Waals surface area contributed by atoms with Crippen LogP contribution in [0.5, 0.6) is 0 Å². The molecule has 6 heteroatoms. The van der Waals surface area contributed by atoms with Crippen LogP contribution in [0.2, 0.25) is 0 Å². The number of nitrogens with one attached hydrogen (secondary N) is 1. The summed E-state index contributed by atoms with van der Waals surface area (Å²) in [5, 5.41) is 7.14. The molecule has 1 unspecified atom stereocenters. The van der Waals surface area contributed by atoms with Crippen LogP contribution in [0.1, 0.15) is 105 Å². The average molecular weight is 411 g/mol. The van der Waals surface area contributed by atoms with Gasteiger partial charge >= 0.3 is 0 Å². The van der Waals surface area contributed by atoms with E-state index in [4.69, 9.17) is 4.52 Å². The number of nitrogens with zero attached hydrogens (tertiary/aromatic N) is 3. The maximum atomic E-state index is 12.7. The second-order valence-electron chi connectivity index (χ2n) is 9.32. The molecule has 2 aliphatic carbocycles. The molecule has 2 aromatic rings. The molecule has 2 heterocycles. The molecule has 0 aliphatic heterocycles. The highest BCUT2D eigenvalue weighted by atomic mass is 16.5. The van der Waals surface area contributed by atoms with Gasteiger partial charge in [-0.1, -0.05) is 38.3 Å². The monoisotopic (exact) mass is 410 g/mol. The number of aryl methyl sites for hydroxylation is 1. The van der Waals surface area contributed by atoms with Gasteiger partial charge in [-0.15, -0.1) is 0 Å². The molecule has 6 nitrogen and oxygen atoms in total. The van der Waals surface area contributed by atoms with Crippen molar-refractivity contribution in [1.82, 2.24) is 20.0 Å². The molecule has 1 amide bonds. The molecule has 2 aromatic heterocycles. The van der Waals surface area contributed by atoms with E-state index in [1.165, 1.54) is 43.5 Å². The van der Waals surface area contributed by atoms with Gasteiger partial charge in [0.1, 0.15) is 6.04 Å². The molecule has 0 radical (unpaired) electrons. The van der Waals surface area contributed by atoms with Crippen molar-refractivity contribution in [3.63, 3.8) is 0 Å². The number of carbonyl (C=O) groups is 1. The standard InChI is InChI=1S/C24H34N4O2/c1-15(2)22(24-26-23(27-30-24)18-10-11-18)25-21(29)13-12-19-14-16(3)28(17(19)4)20-8-6-5-7-9-20/h12-15,18,20,22H,5-11H2,1-4H3,(H,25,29)/b13-12+. The minimum absolute atomic E-state index is 0.137. The Hall–Kier alpha value is -2.37. The van der Waals surface area contributed by atoms with E-state index in [1.54, 1.807) is 6.08 Å². The van der Waals surface area contributed by atoms with Crippen LogP contribution in [-0.4, -0.2) is 20.6 Å². The summed E-state index contributed by atoms with van der Waals surface area (Å²) in [6.45, 7) is 8.43. The molecule has 2 fully saturated rings. The van der Waals surface area contributed by atoms with Crippen molar-refractivity contribution in [3.8, 4) is 0 Å². The maximum absolute atomic E-state index is 12.7. The van der Waals surface area contributed by atoms with E-state index < -0.39 is 0 Å². The smallest absolute Gasteiger partial charge is 0.249 e. The Morgan fingerprint density at radius 2 is 1.93 bits per heavy atom. The van der Waals surface area contributed by atoms with Gasteiger partial charge < -0.3 is 14.4 Å². The van der Waals surface area contributed by atoms with Crippen LogP contribution >= 0.6 is 0 Å². The fourth-order valence-corrected chi connectivity index (χ4v) is 4.63. The SMILES string of the molecule is Cc1cc(/C=C/C(=O)NC(c2nc(C3CC3)no2)C(C)C)c(C)n1C1CCCCC1. The van der Waals surface area contributed by atoms with Crippen LogP contribution in [0.15, 0.2) is 16.7 Å². The summed E-state index contributed by atoms with van der Waals surface area (Å²) in [6.07, 6.45) is 12.3. The number of aromatic nitrogens is 3. The molecule has 1 N–H and O–H groups in total. The predicted octanol–water partition coefficient (Wildman–Crippen LogP) is 5.40. The largest absolute Gasteiger partial charge is 0.346 e. The second-order valence-corrected chi connectivity index (χ2v) is 9.32. The number of carbonyl (C=O) groups excluding carboxylic acids is 1. The van der Waals surface area contributed by atoms with Crippen molar-refractivity contribution < 1.29 is 9.32 Å². The topological polar surface area (TPSA) is 73.0 Å². The van der Waals surface area contributed by atoms with E-state index in [0.29, 0.717) is 17.9 Å². The summed E-state index contributed by atoms with van der Waals surface area (Å²) in [4.78, 5) is 17.2. The number of rotatable bonds is 7. The minimum atomic E-state index is -0.281. The number of amides is 1. The first-order chi connectivity index (χ1) is 14.4. The van der Waals surface area contributed by atoms with E-state index in [1.807, 2.05) is 19.9 Å². The third kappa shape index (κ3) is 4.52. The lowest BCUT2D eigenvalue weighted by molar-refractivity contribution is -0.117. The quantitative estimate of drug-likeness (QED) is 0.621. The molecular weight excluding hydrogens is 376 g/mol. The van der Waals surface area contributed by atoms with E-state index in [-0.39, 0.29) is 17.9 Å². The zero-order valence-corrected chi connectivity index (χ0v) is 18.6. The molecule has 0 bridgehead atoms. The van der Waals surface area contributed by atoms with Crippen molar-refractivity contribution in [2.75, 3.05) is 0 Å². The second kappa shape index (κ2) is 8.78. The summed E-state index contributed by atoms with van der Waals surface area (Å²) < 4.78 is 7.92. The lowest BCUT2D eigenvalue weighted by Crippen LogP contribution is -2.30. The Bertz CT molecular complexity index is 914.